The van der Waals surface area contributed by atoms with Gasteiger partial charge in [0.25, 0.3) is 5.91 Å². The number of carbonyl (C=O) groups is 2. The van der Waals surface area contributed by atoms with Crippen molar-refractivity contribution in [1.82, 2.24) is 0 Å². The zero-order chi connectivity index (χ0) is 15.2. The minimum Gasteiger partial charge on any atom is -0.508 e. The second-order valence-electron chi connectivity index (χ2n) is 4.45. The van der Waals surface area contributed by atoms with E-state index in [1.54, 1.807) is 24.3 Å². The minimum absolute atomic E-state index is 0.0363. The third-order valence-corrected chi connectivity index (χ3v) is 2.78. The molecule has 0 aliphatic heterocycles. The maximum Gasteiger partial charge on any atom is 0.339 e. The lowest BCUT2D eigenvalue weighted by Gasteiger charge is -2.13. The molecule has 108 valence electrons. The van der Waals surface area contributed by atoms with Gasteiger partial charge in [0.15, 0.2) is 6.10 Å². The molecule has 1 atom stereocenters. The zero-order valence-electron chi connectivity index (χ0n) is 11.4. The molecule has 2 aromatic rings. The fourth-order valence-electron chi connectivity index (χ4n) is 1.68. The van der Waals surface area contributed by atoms with Crippen molar-refractivity contribution in [3.63, 3.8) is 0 Å². The zero-order valence-corrected chi connectivity index (χ0v) is 11.4. The number of ether oxygens (including phenoxy) is 1. The first-order valence-corrected chi connectivity index (χ1v) is 6.42. The summed E-state index contributed by atoms with van der Waals surface area (Å²) >= 11 is 0. The quantitative estimate of drug-likeness (QED) is 0.847. The Bertz CT molecular complexity index is 640. The van der Waals surface area contributed by atoms with E-state index < -0.39 is 18.0 Å². The van der Waals surface area contributed by atoms with Crippen LogP contribution in [0.15, 0.2) is 54.6 Å². The summed E-state index contributed by atoms with van der Waals surface area (Å²) in [5, 5.41) is 12.0. The summed E-state index contributed by atoms with van der Waals surface area (Å²) in [7, 11) is 0. The normalized spacial score (nSPS) is 11.5. The van der Waals surface area contributed by atoms with Gasteiger partial charge in [0.1, 0.15) is 5.75 Å². The highest BCUT2D eigenvalue weighted by Crippen LogP contribution is 2.13. The predicted molar refractivity (Wildman–Crippen MR) is 78.1 cm³/mol. The molecule has 0 aliphatic rings. The first-order chi connectivity index (χ1) is 10.1. The standard InChI is InChI=1S/C16H15NO4/c1-11(15(19)17-13-7-3-2-4-8-13)21-16(20)12-6-5-9-14(18)10-12/h2-11,18H,1H3,(H,17,19)/t11-/m1/s1. The van der Waals surface area contributed by atoms with E-state index in [-0.39, 0.29) is 11.3 Å². The van der Waals surface area contributed by atoms with Gasteiger partial charge in [-0.3, -0.25) is 4.79 Å². The van der Waals surface area contributed by atoms with Gasteiger partial charge in [0.2, 0.25) is 0 Å². The van der Waals surface area contributed by atoms with Crippen LogP contribution in [-0.4, -0.2) is 23.1 Å². The molecule has 0 unspecified atom stereocenters. The molecule has 0 saturated heterocycles. The Morgan fingerprint density at radius 1 is 1.10 bits per heavy atom. The van der Waals surface area contributed by atoms with E-state index in [0.29, 0.717) is 5.69 Å². The van der Waals surface area contributed by atoms with Crippen molar-refractivity contribution in [2.45, 2.75) is 13.0 Å². The SMILES string of the molecule is C[C@@H](OC(=O)c1cccc(O)c1)C(=O)Nc1ccccc1. The number of phenolic OH excluding ortho intramolecular Hbond substituents is 1. The fourth-order valence-corrected chi connectivity index (χ4v) is 1.68. The van der Waals surface area contributed by atoms with Gasteiger partial charge in [-0.15, -0.1) is 0 Å². The van der Waals surface area contributed by atoms with Crippen LogP contribution in [0, 0.1) is 0 Å². The Labute approximate surface area is 122 Å². The second kappa shape index (κ2) is 6.56. The molecule has 21 heavy (non-hydrogen) atoms. The number of anilines is 1. The largest absolute Gasteiger partial charge is 0.508 e. The Kier molecular flexibility index (Phi) is 4.56. The Balaban J connectivity index is 1.96. The summed E-state index contributed by atoms with van der Waals surface area (Å²) < 4.78 is 5.06. The van der Waals surface area contributed by atoms with Crippen LogP contribution in [0.2, 0.25) is 0 Å². The molecule has 2 aromatic carbocycles. The molecule has 5 nitrogen and oxygen atoms in total. The van der Waals surface area contributed by atoms with Gasteiger partial charge in [-0.25, -0.2) is 4.79 Å². The molecule has 0 bridgehead atoms. The van der Waals surface area contributed by atoms with Crippen molar-refractivity contribution < 1.29 is 19.4 Å². The number of nitrogens with one attached hydrogen (secondary N) is 1. The average molecular weight is 285 g/mol. The van der Waals surface area contributed by atoms with Crippen molar-refractivity contribution in [1.29, 1.82) is 0 Å². The first-order valence-electron chi connectivity index (χ1n) is 6.42. The van der Waals surface area contributed by atoms with E-state index in [0.717, 1.165) is 0 Å². The van der Waals surface area contributed by atoms with Crippen LogP contribution >= 0.6 is 0 Å². The lowest BCUT2D eigenvalue weighted by atomic mass is 10.2. The van der Waals surface area contributed by atoms with Crippen LogP contribution in [0.5, 0.6) is 5.75 Å². The fraction of sp³-hybridized carbons (Fsp3) is 0.125. The van der Waals surface area contributed by atoms with E-state index in [4.69, 9.17) is 4.74 Å². The number of aromatic hydroxyl groups is 1. The van der Waals surface area contributed by atoms with Gasteiger partial charge in [-0.05, 0) is 37.3 Å². The van der Waals surface area contributed by atoms with Crippen LogP contribution in [0.25, 0.3) is 0 Å². The Morgan fingerprint density at radius 2 is 1.81 bits per heavy atom. The Hall–Kier alpha value is -2.82. The number of hydrogen-bond donors (Lipinski definition) is 2. The number of esters is 1. The van der Waals surface area contributed by atoms with Crippen LogP contribution in [-0.2, 0) is 9.53 Å². The molecular weight excluding hydrogens is 270 g/mol. The van der Waals surface area contributed by atoms with Crippen molar-refractivity contribution >= 4 is 17.6 Å². The molecular formula is C16H15NO4. The average Bonchev–Trinajstić information content (AvgIpc) is 2.48. The first kappa shape index (κ1) is 14.6. The highest BCUT2D eigenvalue weighted by Gasteiger charge is 2.19. The van der Waals surface area contributed by atoms with E-state index >= 15 is 0 Å². The van der Waals surface area contributed by atoms with Gasteiger partial charge in [0.05, 0.1) is 5.56 Å². The molecule has 1 amide bonds. The molecule has 0 aromatic heterocycles. The molecule has 0 saturated carbocycles. The third-order valence-electron chi connectivity index (χ3n) is 2.78. The maximum absolute atomic E-state index is 11.9. The van der Waals surface area contributed by atoms with Gasteiger partial charge >= 0.3 is 5.97 Å². The summed E-state index contributed by atoms with van der Waals surface area (Å²) in [5.74, 6) is -1.12. The monoisotopic (exact) mass is 285 g/mol. The molecule has 2 N–H and O–H groups in total. The number of rotatable bonds is 4. The number of para-hydroxylation sites is 1. The number of amides is 1. The van der Waals surface area contributed by atoms with Crippen molar-refractivity contribution in [3.05, 3.63) is 60.2 Å². The highest BCUT2D eigenvalue weighted by molar-refractivity contribution is 5.97. The van der Waals surface area contributed by atoms with Gasteiger partial charge in [-0.2, -0.15) is 0 Å². The molecule has 5 heteroatoms. The molecule has 2 rings (SSSR count). The van der Waals surface area contributed by atoms with Crippen LogP contribution < -0.4 is 5.32 Å². The summed E-state index contributed by atoms with van der Waals surface area (Å²) in [4.78, 5) is 23.8. The molecule has 0 aliphatic carbocycles. The Morgan fingerprint density at radius 3 is 2.48 bits per heavy atom. The predicted octanol–water partition coefficient (Wildman–Crippen LogP) is 2.58. The smallest absolute Gasteiger partial charge is 0.339 e. The molecule has 0 spiro atoms. The number of carbonyl (C=O) groups excluding carboxylic acids is 2. The van der Waals surface area contributed by atoms with Crippen LogP contribution in [0.1, 0.15) is 17.3 Å². The molecule has 0 heterocycles. The van der Waals surface area contributed by atoms with E-state index in [1.165, 1.54) is 31.2 Å². The van der Waals surface area contributed by atoms with Crippen molar-refractivity contribution in [3.8, 4) is 5.75 Å². The highest BCUT2D eigenvalue weighted by atomic mass is 16.5. The summed E-state index contributed by atoms with van der Waals surface area (Å²) in [6.45, 7) is 1.49. The molecule has 0 fully saturated rings. The van der Waals surface area contributed by atoms with Gasteiger partial charge in [0, 0.05) is 5.69 Å². The lowest BCUT2D eigenvalue weighted by molar-refractivity contribution is -0.123. The summed E-state index contributed by atoms with van der Waals surface area (Å²) in [5.41, 5.74) is 0.817. The topological polar surface area (TPSA) is 75.6 Å². The summed E-state index contributed by atoms with van der Waals surface area (Å²) in [6.07, 6.45) is -0.944. The van der Waals surface area contributed by atoms with E-state index in [2.05, 4.69) is 5.32 Å². The van der Waals surface area contributed by atoms with E-state index in [9.17, 15) is 14.7 Å². The molecule has 0 radical (unpaired) electrons. The van der Waals surface area contributed by atoms with Gasteiger partial charge in [-0.1, -0.05) is 24.3 Å². The van der Waals surface area contributed by atoms with Gasteiger partial charge < -0.3 is 15.2 Å². The maximum atomic E-state index is 11.9. The number of hydrogen-bond acceptors (Lipinski definition) is 4. The van der Waals surface area contributed by atoms with E-state index in [1.807, 2.05) is 6.07 Å². The number of phenols is 1. The lowest BCUT2D eigenvalue weighted by Crippen LogP contribution is -2.29. The summed E-state index contributed by atoms with van der Waals surface area (Å²) in [6, 6.07) is 14.7. The second-order valence-corrected chi connectivity index (χ2v) is 4.45. The minimum atomic E-state index is -0.944. The third kappa shape index (κ3) is 4.07. The van der Waals surface area contributed by atoms with Crippen LogP contribution in [0.4, 0.5) is 5.69 Å². The van der Waals surface area contributed by atoms with Crippen molar-refractivity contribution in [2.24, 2.45) is 0 Å². The van der Waals surface area contributed by atoms with Crippen molar-refractivity contribution in [2.75, 3.05) is 5.32 Å². The van der Waals surface area contributed by atoms with Crippen LogP contribution in [0.3, 0.4) is 0 Å². The number of benzene rings is 2.